The molecule has 0 spiro atoms. The molecule has 0 unspecified atom stereocenters. The first kappa shape index (κ1) is 11.6. The molecular formula is C10H22N2. The van der Waals surface area contributed by atoms with Crippen molar-refractivity contribution in [3.63, 3.8) is 0 Å². The molecule has 0 aliphatic heterocycles. The Labute approximate surface area is 76.5 Å². The molecule has 0 aliphatic rings. The van der Waals surface area contributed by atoms with Gasteiger partial charge in [-0.1, -0.05) is 39.5 Å². The van der Waals surface area contributed by atoms with Crippen molar-refractivity contribution in [2.24, 2.45) is 10.2 Å². The zero-order valence-corrected chi connectivity index (χ0v) is 8.71. The van der Waals surface area contributed by atoms with Crippen LogP contribution in [0, 0.1) is 0 Å². The zero-order chi connectivity index (χ0) is 9.23. The van der Waals surface area contributed by atoms with Crippen molar-refractivity contribution in [1.29, 1.82) is 0 Å². The van der Waals surface area contributed by atoms with E-state index in [1.165, 1.54) is 38.5 Å². The van der Waals surface area contributed by atoms with Gasteiger partial charge in [0.25, 0.3) is 0 Å². The van der Waals surface area contributed by atoms with Crippen molar-refractivity contribution in [3.8, 4) is 0 Å². The van der Waals surface area contributed by atoms with Gasteiger partial charge < -0.3 is 0 Å². The van der Waals surface area contributed by atoms with Crippen molar-refractivity contribution >= 4 is 0 Å². The maximum Gasteiger partial charge on any atom is 0.0708 e. The van der Waals surface area contributed by atoms with Crippen LogP contribution in [0.15, 0.2) is 10.2 Å². The van der Waals surface area contributed by atoms with Crippen LogP contribution in [0.4, 0.5) is 0 Å². The average molecular weight is 170 g/mol. The summed E-state index contributed by atoms with van der Waals surface area (Å²) in [7, 11) is 1.77. The van der Waals surface area contributed by atoms with Crippen molar-refractivity contribution < 1.29 is 0 Å². The molecule has 2 nitrogen and oxygen atoms in total. The highest BCUT2D eigenvalue weighted by Crippen LogP contribution is 2.12. The van der Waals surface area contributed by atoms with Crippen LogP contribution < -0.4 is 0 Å². The van der Waals surface area contributed by atoms with E-state index < -0.39 is 0 Å². The highest BCUT2D eigenvalue weighted by atomic mass is 15.1. The lowest BCUT2D eigenvalue weighted by molar-refractivity contribution is 0.504. The number of unbranched alkanes of at least 4 members (excludes halogenated alkanes) is 2. The number of rotatable bonds is 7. The molecule has 0 N–H and O–H groups in total. The minimum absolute atomic E-state index is 0.495. The molecule has 0 radical (unpaired) electrons. The Balaban J connectivity index is 3.54. The second kappa shape index (κ2) is 8.69. The van der Waals surface area contributed by atoms with E-state index in [1.54, 1.807) is 7.05 Å². The molecule has 0 saturated heterocycles. The molecule has 72 valence electrons. The Morgan fingerprint density at radius 2 is 1.50 bits per heavy atom. The van der Waals surface area contributed by atoms with E-state index >= 15 is 0 Å². The SMILES string of the molecule is CCCCC(CCCC)N=NC. The van der Waals surface area contributed by atoms with Gasteiger partial charge in [0.05, 0.1) is 6.04 Å². The summed E-state index contributed by atoms with van der Waals surface area (Å²) in [5, 5.41) is 8.09. The molecule has 0 fully saturated rings. The van der Waals surface area contributed by atoms with Crippen LogP contribution in [0.2, 0.25) is 0 Å². The van der Waals surface area contributed by atoms with Gasteiger partial charge in [-0.25, -0.2) is 0 Å². The summed E-state index contributed by atoms with van der Waals surface area (Å²) < 4.78 is 0. The monoisotopic (exact) mass is 170 g/mol. The molecule has 0 aliphatic carbocycles. The minimum atomic E-state index is 0.495. The molecule has 12 heavy (non-hydrogen) atoms. The number of nitrogens with zero attached hydrogens (tertiary/aromatic N) is 2. The second-order valence-electron chi connectivity index (χ2n) is 3.25. The Kier molecular flexibility index (Phi) is 8.40. The fraction of sp³-hybridized carbons (Fsp3) is 1.00. The van der Waals surface area contributed by atoms with Gasteiger partial charge in [-0.15, -0.1) is 0 Å². The number of hydrogen-bond acceptors (Lipinski definition) is 2. The van der Waals surface area contributed by atoms with Crippen molar-refractivity contribution in [2.45, 2.75) is 58.4 Å². The summed E-state index contributed by atoms with van der Waals surface area (Å²) in [5.74, 6) is 0. The highest BCUT2D eigenvalue weighted by Gasteiger charge is 2.04. The molecule has 0 saturated carbocycles. The molecule has 0 aromatic heterocycles. The molecule has 2 heteroatoms. The van der Waals surface area contributed by atoms with Gasteiger partial charge in [-0.05, 0) is 12.8 Å². The number of azo groups is 1. The first-order valence-electron chi connectivity index (χ1n) is 5.14. The highest BCUT2D eigenvalue weighted by molar-refractivity contribution is 4.63. The van der Waals surface area contributed by atoms with Crippen LogP contribution in [-0.4, -0.2) is 13.1 Å². The second-order valence-corrected chi connectivity index (χ2v) is 3.25. The predicted molar refractivity (Wildman–Crippen MR) is 53.6 cm³/mol. The lowest BCUT2D eigenvalue weighted by Crippen LogP contribution is -2.03. The Morgan fingerprint density at radius 3 is 1.83 bits per heavy atom. The summed E-state index contributed by atoms with van der Waals surface area (Å²) in [5.41, 5.74) is 0. The maximum absolute atomic E-state index is 4.22. The van der Waals surface area contributed by atoms with Crippen molar-refractivity contribution in [2.75, 3.05) is 7.05 Å². The quantitative estimate of drug-likeness (QED) is 0.519. The molecule has 0 amide bonds. The standard InChI is InChI=1S/C10H22N2/c1-4-6-8-10(12-11-3)9-7-5-2/h10H,4-9H2,1-3H3. The van der Waals surface area contributed by atoms with E-state index in [-0.39, 0.29) is 0 Å². The van der Waals surface area contributed by atoms with E-state index in [9.17, 15) is 0 Å². The molecule has 0 rings (SSSR count). The molecule has 0 aromatic rings. The van der Waals surface area contributed by atoms with E-state index in [4.69, 9.17) is 0 Å². The smallest absolute Gasteiger partial charge is 0.0708 e. The predicted octanol–water partition coefficient (Wildman–Crippen LogP) is 3.82. The van der Waals surface area contributed by atoms with E-state index in [0.29, 0.717) is 6.04 Å². The van der Waals surface area contributed by atoms with E-state index in [1.807, 2.05) is 0 Å². The van der Waals surface area contributed by atoms with Gasteiger partial charge in [0, 0.05) is 7.05 Å². The average Bonchev–Trinajstić information content (AvgIpc) is 2.10. The summed E-state index contributed by atoms with van der Waals surface area (Å²) in [4.78, 5) is 0. The van der Waals surface area contributed by atoms with E-state index in [0.717, 1.165) is 0 Å². The lowest BCUT2D eigenvalue weighted by Gasteiger charge is -2.08. The third-order valence-corrected chi connectivity index (χ3v) is 2.06. The van der Waals surface area contributed by atoms with Crippen LogP contribution in [0.3, 0.4) is 0 Å². The Hall–Kier alpha value is -0.400. The molecule has 0 atom stereocenters. The van der Waals surface area contributed by atoms with Crippen LogP contribution >= 0.6 is 0 Å². The molecule has 0 bridgehead atoms. The molecule has 0 heterocycles. The molecular weight excluding hydrogens is 148 g/mol. The first-order chi connectivity index (χ1) is 5.85. The third-order valence-electron chi connectivity index (χ3n) is 2.06. The van der Waals surface area contributed by atoms with Gasteiger partial charge in [0.15, 0.2) is 0 Å². The van der Waals surface area contributed by atoms with Crippen LogP contribution in [-0.2, 0) is 0 Å². The van der Waals surface area contributed by atoms with Gasteiger partial charge >= 0.3 is 0 Å². The van der Waals surface area contributed by atoms with Gasteiger partial charge in [0.1, 0.15) is 0 Å². The fourth-order valence-electron chi connectivity index (χ4n) is 1.30. The summed E-state index contributed by atoms with van der Waals surface area (Å²) in [6.07, 6.45) is 7.53. The minimum Gasteiger partial charge on any atom is -0.197 e. The first-order valence-corrected chi connectivity index (χ1v) is 5.14. The van der Waals surface area contributed by atoms with Crippen molar-refractivity contribution in [1.82, 2.24) is 0 Å². The van der Waals surface area contributed by atoms with Crippen LogP contribution in [0.5, 0.6) is 0 Å². The van der Waals surface area contributed by atoms with E-state index in [2.05, 4.69) is 24.1 Å². The number of hydrogen-bond donors (Lipinski definition) is 0. The maximum atomic E-state index is 4.22. The Morgan fingerprint density at radius 1 is 1.00 bits per heavy atom. The third kappa shape index (κ3) is 6.32. The largest absolute Gasteiger partial charge is 0.197 e. The van der Waals surface area contributed by atoms with Gasteiger partial charge in [0.2, 0.25) is 0 Å². The van der Waals surface area contributed by atoms with Gasteiger partial charge in [-0.2, -0.15) is 10.2 Å². The normalized spacial score (nSPS) is 11.7. The lowest BCUT2D eigenvalue weighted by atomic mass is 10.1. The summed E-state index contributed by atoms with van der Waals surface area (Å²) in [6.45, 7) is 4.44. The van der Waals surface area contributed by atoms with Gasteiger partial charge in [-0.3, -0.25) is 0 Å². The molecule has 0 aromatic carbocycles. The fourth-order valence-corrected chi connectivity index (χ4v) is 1.30. The Bertz CT molecular complexity index is 102. The van der Waals surface area contributed by atoms with Crippen LogP contribution in [0.1, 0.15) is 52.4 Å². The van der Waals surface area contributed by atoms with Crippen LogP contribution in [0.25, 0.3) is 0 Å². The summed E-state index contributed by atoms with van der Waals surface area (Å²) in [6, 6.07) is 0.495. The zero-order valence-electron chi connectivity index (χ0n) is 8.71. The van der Waals surface area contributed by atoms with Crippen molar-refractivity contribution in [3.05, 3.63) is 0 Å². The summed E-state index contributed by atoms with van der Waals surface area (Å²) >= 11 is 0. The topological polar surface area (TPSA) is 24.7 Å².